The zero-order chi connectivity index (χ0) is 13.8. The Bertz CT molecular complexity index is 306. The highest BCUT2D eigenvalue weighted by Gasteiger charge is 2.23. The first-order valence-electron chi connectivity index (χ1n) is 6.00. The predicted molar refractivity (Wildman–Crippen MR) is 65.1 cm³/mol. The predicted octanol–water partition coefficient (Wildman–Crippen LogP) is 1.16. The quantitative estimate of drug-likeness (QED) is 0.647. The smallest absolute Gasteiger partial charge is 0.422 e. The molecule has 1 fully saturated rings. The van der Waals surface area contributed by atoms with Gasteiger partial charge in [0.1, 0.15) is 5.60 Å². The van der Waals surface area contributed by atoms with E-state index in [-0.39, 0.29) is 6.04 Å². The molecule has 104 valence electrons. The van der Waals surface area contributed by atoms with E-state index in [1.807, 2.05) is 0 Å². The summed E-state index contributed by atoms with van der Waals surface area (Å²) in [5.74, 6) is 0. The second-order valence-electron chi connectivity index (χ2n) is 5.32. The van der Waals surface area contributed by atoms with Crippen molar-refractivity contribution in [1.82, 2.24) is 15.8 Å². The van der Waals surface area contributed by atoms with Crippen LogP contribution in [0.15, 0.2) is 0 Å². The van der Waals surface area contributed by atoms with Crippen molar-refractivity contribution in [2.45, 2.75) is 45.3 Å². The summed E-state index contributed by atoms with van der Waals surface area (Å²) in [6.07, 6.45) is -0.0822. The van der Waals surface area contributed by atoms with Crippen LogP contribution in [0, 0.1) is 0 Å². The lowest BCUT2D eigenvalue weighted by Gasteiger charge is -2.30. The van der Waals surface area contributed by atoms with Crippen molar-refractivity contribution in [3.05, 3.63) is 0 Å². The molecule has 0 saturated carbocycles. The van der Waals surface area contributed by atoms with E-state index in [4.69, 9.17) is 9.84 Å². The van der Waals surface area contributed by atoms with Gasteiger partial charge in [-0.3, -0.25) is 5.43 Å². The van der Waals surface area contributed by atoms with Crippen LogP contribution >= 0.6 is 0 Å². The summed E-state index contributed by atoms with van der Waals surface area (Å²) in [5, 5.41) is 8.79. The van der Waals surface area contributed by atoms with E-state index in [1.54, 1.807) is 20.8 Å². The standard InChI is InChI=1S/C11H21N3O4/c1-11(2,3)18-9(15)13-12-8-4-6-14(7-5-8)10(16)17/h8,12H,4-7H2,1-3H3,(H,13,15)(H,16,17). The third-order valence-corrected chi connectivity index (χ3v) is 2.54. The summed E-state index contributed by atoms with van der Waals surface area (Å²) in [4.78, 5) is 23.4. The van der Waals surface area contributed by atoms with Gasteiger partial charge in [-0.05, 0) is 33.6 Å². The third-order valence-electron chi connectivity index (χ3n) is 2.54. The van der Waals surface area contributed by atoms with Crippen LogP contribution in [0.25, 0.3) is 0 Å². The van der Waals surface area contributed by atoms with Gasteiger partial charge in [0.25, 0.3) is 0 Å². The van der Waals surface area contributed by atoms with Crippen molar-refractivity contribution in [2.75, 3.05) is 13.1 Å². The number of nitrogens with zero attached hydrogens (tertiary/aromatic N) is 1. The molecule has 1 rings (SSSR count). The van der Waals surface area contributed by atoms with Crippen molar-refractivity contribution in [1.29, 1.82) is 0 Å². The van der Waals surface area contributed by atoms with E-state index in [0.29, 0.717) is 25.9 Å². The van der Waals surface area contributed by atoms with Gasteiger partial charge in [0.2, 0.25) is 0 Å². The van der Waals surface area contributed by atoms with Crippen LogP contribution in [0.3, 0.4) is 0 Å². The average molecular weight is 259 g/mol. The second-order valence-corrected chi connectivity index (χ2v) is 5.32. The molecule has 7 nitrogen and oxygen atoms in total. The molecular weight excluding hydrogens is 238 g/mol. The van der Waals surface area contributed by atoms with Crippen molar-refractivity contribution in [2.24, 2.45) is 0 Å². The second kappa shape index (κ2) is 5.90. The highest BCUT2D eigenvalue weighted by Crippen LogP contribution is 2.10. The number of hydrogen-bond donors (Lipinski definition) is 3. The molecule has 2 amide bonds. The molecule has 18 heavy (non-hydrogen) atoms. The lowest BCUT2D eigenvalue weighted by molar-refractivity contribution is 0.0474. The number of nitrogens with one attached hydrogen (secondary N) is 2. The number of amides is 2. The van der Waals surface area contributed by atoms with Gasteiger partial charge >= 0.3 is 12.2 Å². The number of piperidine rings is 1. The number of hydrogen-bond acceptors (Lipinski definition) is 4. The monoisotopic (exact) mass is 259 g/mol. The number of ether oxygens (including phenoxy) is 1. The Morgan fingerprint density at radius 1 is 1.28 bits per heavy atom. The fourth-order valence-electron chi connectivity index (χ4n) is 1.68. The lowest BCUT2D eigenvalue weighted by atomic mass is 10.1. The van der Waals surface area contributed by atoms with Gasteiger partial charge in [0, 0.05) is 19.1 Å². The summed E-state index contributed by atoms with van der Waals surface area (Å²) in [5.41, 5.74) is 4.81. The third kappa shape index (κ3) is 5.22. The summed E-state index contributed by atoms with van der Waals surface area (Å²) in [7, 11) is 0. The number of carbonyl (C=O) groups excluding carboxylic acids is 1. The van der Waals surface area contributed by atoms with Crippen LogP contribution in [0.4, 0.5) is 9.59 Å². The first-order valence-corrected chi connectivity index (χ1v) is 6.00. The molecular formula is C11H21N3O4. The molecule has 1 saturated heterocycles. The van der Waals surface area contributed by atoms with Gasteiger partial charge in [0.05, 0.1) is 0 Å². The maximum Gasteiger partial charge on any atom is 0.422 e. The van der Waals surface area contributed by atoms with Gasteiger partial charge in [-0.2, -0.15) is 0 Å². The Balaban J connectivity index is 2.22. The topological polar surface area (TPSA) is 90.9 Å². The Labute approximate surface area is 106 Å². The summed E-state index contributed by atoms with van der Waals surface area (Å²) >= 11 is 0. The van der Waals surface area contributed by atoms with Crippen molar-refractivity contribution in [3.8, 4) is 0 Å². The van der Waals surface area contributed by atoms with E-state index >= 15 is 0 Å². The van der Waals surface area contributed by atoms with E-state index in [2.05, 4.69) is 10.9 Å². The zero-order valence-electron chi connectivity index (χ0n) is 11.0. The normalized spacial score (nSPS) is 17.4. The molecule has 0 aliphatic carbocycles. The van der Waals surface area contributed by atoms with Gasteiger partial charge in [-0.15, -0.1) is 0 Å². The maximum atomic E-state index is 11.4. The van der Waals surface area contributed by atoms with Crippen LogP contribution in [-0.2, 0) is 4.74 Å². The van der Waals surface area contributed by atoms with Crippen LogP contribution in [0.5, 0.6) is 0 Å². The first-order chi connectivity index (χ1) is 8.28. The summed E-state index contributed by atoms with van der Waals surface area (Å²) < 4.78 is 5.07. The number of likely N-dealkylation sites (tertiary alicyclic amines) is 1. The zero-order valence-corrected chi connectivity index (χ0v) is 11.0. The van der Waals surface area contributed by atoms with Crippen molar-refractivity contribution < 1.29 is 19.4 Å². The largest absolute Gasteiger partial charge is 0.465 e. The Hall–Kier alpha value is -1.50. The highest BCUT2D eigenvalue weighted by atomic mass is 16.6. The number of hydrazine groups is 1. The Kier molecular flexibility index (Phi) is 4.77. The summed E-state index contributed by atoms with van der Waals surface area (Å²) in [6.45, 7) is 6.32. The van der Waals surface area contributed by atoms with Crippen LogP contribution in [0.2, 0.25) is 0 Å². The number of carboxylic acid groups (broad SMARTS) is 1. The fourth-order valence-corrected chi connectivity index (χ4v) is 1.68. The molecule has 0 radical (unpaired) electrons. The minimum Gasteiger partial charge on any atom is -0.465 e. The summed E-state index contributed by atoms with van der Waals surface area (Å²) in [6, 6.07) is 0.0770. The molecule has 0 spiro atoms. The number of carbonyl (C=O) groups is 2. The van der Waals surface area contributed by atoms with Crippen molar-refractivity contribution in [3.63, 3.8) is 0 Å². The fraction of sp³-hybridized carbons (Fsp3) is 0.818. The average Bonchev–Trinajstić information content (AvgIpc) is 2.24. The maximum absolute atomic E-state index is 11.4. The lowest BCUT2D eigenvalue weighted by Crippen LogP contribution is -2.51. The molecule has 0 aromatic rings. The molecule has 0 atom stereocenters. The molecule has 1 aliphatic rings. The van der Waals surface area contributed by atoms with E-state index in [0.717, 1.165) is 0 Å². The minimum atomic E-state index is -0.895. The van der Waals surface area contributed by atoms with E-state index < -0.39 is 17.8 Å². The molecule has 7 heteroatoms. The number of rotatable bonds is 2. The van der Waals surface area contributed by atoms with Gasteiger partial charge in [0.15, 0.2) is 0 Å². The Morgan fingerprint density at radius 3 is 2.28 bits per heavy atom. The van der Waals surface area contributed by atoms with Crippen LogP contribution in [-0.4, -0.2) is 46.9 Å². The van der Waals surface area contributed by atoms with Gasteiger partial charge in [-0.25, -0.2) is 15.0 Å². The molecule has 0 unspecified atom stereocenters. The molecule has 1 heterocycles. The first kappa shape index (κ1) is 14.6. The molecule has 3 N–H and O–H groups in total. The highest BCUT2D eigenvalue weighted by molar-refractivity contribution is 5.67. The minimum absolute atomic E-state index is 0.0770. The van der Waals surface area contributed by atoms with E-state index in [9.17, 15) is 9.59 Å². The molecule has 1 aliphatic heterocycles. The van der Waals surface area contributed by atoms with E-state index in [1.165, 1.54) is 4.90 Å². The molecule has 0 aromatic heterocycles. The SMILES string of the molecule is CC(C)(C)OC(=O)NNC1CCN(C(=O)O)CC1. The van der Waals surface area contributed by atoms with Crippen LogP contribution < -0.4 is 10.9 Å². The van der Waals surface area contributed by atoms with Crippen LogP contribution in [0.1, 0.15) is 33.6 Å². The molecule has 0 bridgehead atoms. The van der Waals surface area contributed by atoms with Gasteiger partial charge in [-0.1, -0.05) is 0 Å². The van der Waals surface area contributed by atoms with Crippen molar-refractivity contribution >= 4 is 12.2 Å². The Morgan fingerprint density at radius 2 is 1.83 bits per heavy atom. The molecule has 0 aromatic carbocycles. The van der Waals surface area contributed by atoms with Gasteiger partial charge < -0.3 is 14.7 Å².